The molecule has 0 heterocycles. The van der Waals surface area contributed by atoms with Crippen molar-refractivity contribution >= 4 is 0 Å². The van der Waals surface area contributed by atoms with Crippen molar-refractivity contribution in [2.75, 3.05) is 14.1 Å². The van der Waals surface area contributed by atoms with E-state index in [1.165, 1.54) is 44.9 Å². The number of hydrogen-bond acceptors (Lipinski definition) is 1. The van der Waals surface area contributed by atoms with E-state index in [9.17, 15) is 0 Å². The Balaban J connectivity index is 2.35. The fourth-order valence-electron chi connectivity index (χ4n) is 3.04. The lowest BCUT2D eigenvalue weighted by Gasteiger charge is -2.28. The van der Waals surface area contributed by atoms with Crippen LogP contribution in [-0.2, 0) is 0 Å². The molecule has 96 valence electrons. The highest BCUT2D eigenvalue weighted by atomic mass is 15.1. The van der Waals surface area contributed by atoms with Gasteiger partial charge in [-0.15, -0.1) is 0 Å². The second-order valence-electron chi connectivity index (χ2n) is 6.24. The normalized spacial score (nSPS) is 22.1. The average molecular weight is 225 g/mol. The fraction of sp³-hybridized carbons (Fsp3) is 1.00. The van der Waals surface area contributed by atoms with E-state index in [0.717, 1.165) is 17.4 Å². The van der Waals surface area contributed by atoms with Gasteiger partial charge in [0, 0.05) is 6.04 Å². The summed E-state index contributed by atoms with van der Waals surface area (Å²) in [5, 5.41) is 0. The number of hydrogen-bond donors (Lipinski definition) is 0. The van der Waals surface area contributed by atoms with Gasteiger partial charge in [0.2, 0.25) is 0 Å². The highest BCUT2D eigenvalue weighted by Crippen LogP contribution is 2.54. The van der Waals surface area contributed by atoms with Crippen LogP contribution in [0, 0.1) is 11.3 Å². The highest BCUT2D eigenvalue weighted by molar-refractivity contribution is 4.94. The molecule has 1 aliphatic rings. The van der Waals surface area contributed by atoms with Crippen LogP contribution >= 0.6 is 0 Å². The van der Waals surface area contributed by atoms with Gasteiger partial charge >= 0.3 is 0 Å². The molecule has 1 rings (SSSR count). The minimum absolute atomic E-state index is 0.720. The van der Waals surface area contributed by atoms with Crippen LogP contribution < -0.4 is 0 Å². The van der Waals surface area contributed by atoms with Crippen molar-refractivity contribution in [3.63, 3.8) is 0 Å². The first kappa shape index (κ1) is 14.0. The van der Waals surface area contributed by atoms with Crippen molar-refractivity contribution in [2.24, 2.45) is 11.3 Å². The summed E-state index contributed by atoms with van der Waals surface area (Å²) in [5.41, 5.74) is 0.720. The van der Waals surface area contributed by atoms with Crippen LogP contribution in [0.2, 0.25) is 0 Å². The van der Waals surface area contributed by atoms with Crippen molar-refractivity contribution in [2.45, 2.75) is 71.8 Å². The summed E-state index contributed by atoms with van der Waals surface area (Å²) in [5.74, 6) is 0.979. The van der Waals surface area contributed by atoms with Crippen LogP contribution in [0.1, 0.15) is 65.7 Å². The largest absolute Gasteiger partial charge is 0.306 e. The summed E-state index contributed by atoms with van der Waals surface area (Å²) in [6.07, 6.45) is 9.85. The molecule has 0 aromatic heterocycles. The summed E-state index contributed by atoms with van der Waals surface area (Å²) in [4.78, 5) is 2.42. The van der Waals surface area contributed by atoms with Crippen molar-refractivity contribution in [3.8, 4) is 0 Å². The molecular formula is C15H31N. The first-order valence-electron chi connectivity index (χ1n) is 7.20. The lowest BCUT2D eigenvalue weighted by molar-refractivity contribution is 0.218. The standard InChI is InChI=1S/C15H31N/c1-6-8-14(16(4)5)10-9-13(7-2)15(3)11-12-15/h13-14H,6-12H2,1-5H3. The quantitative estimate of drug-likeness (QED) is 0.594. The zero-order chi connectivity index (χ0) is 12.2. The second kappa shape index (κ2) is 6.05. The predicted octanol–water partition coefficient (Wildman–Crippen LogP) is 4.32. The summed E-state index contributed by atoms with van der Waals surface area (Å²) in [6, 6.07) is 0.807. The Hall–Kier alpha value is -0.0400. The topological polar surface area (TPSA) is 3.24 Å². The molecule has 1 fully saturated rings. The molecule has 0 amide bonds. The molecule has 2 unspecified atom stereocenters. The van der Waals surface area contributed by atoms with Gasteiger partial charge in [0.1, 0.15) is 0 Å². The van der Waals surface area contributed by atoms with Crippen LogP contribution in [-0.4, -0.2) is 25.0 Å². The summed E-state index contributed by atoms with van der Waals surface area (Å²) in [6.45, 7) is 7.17. The number of rotatable bonds is 8. The van der Waals surface area contributed by atoms with Gasteiger partial charge in [-0.1, -0.05) is 33.6 Å². The zero-order valence-corrected chi connectivity index (χ0v) is 12.1. The molecular weight excluding hydrogens is 194 g/mol. The minimum atomic E-state index is 0.720. The van der Waals surface area contributed by atoms with Crippen LogP contribution in [0.15, 0.2) is 0 Å². The van der Waals surface area contributed by atoms with Crippen molar-refractivity contribution < 1.29 is 0 Å². The molecule has 0 aliphatic heterocycles. The first-order valence-corrected chi connectivity index (χ1v) is 7.20. The van der Waals surface area contributed by atoms with Gasteiger partial charge in [0.15, 0.2) is 0 Å². The second-order valence-corrected chi connectivity index (χ2v) is 6.24. The van der Waals surface area contributed by atoms with Crippen LogP contribution in [0.3, 0.4) is 0 Å². The molecule has 0 N–H and O–H groups in total. The molecule has 0 saturated heterocycles. The molecule has 0 aromatic carbocycles. The molecule has 1 nitrogen and oxygen atoms in total. The van der Waals surface area contributed by atoms with E-state index in [2.05, 4.69) is 39.8 Å². The minimum Gasteiger partial charge on any atom is -0.306 e. The Morgan fingerprint density at radius 3 is 2.06 bits per heavy atom. The van der Waals surface area contributed by atoms with E-state index >= 15 is 0 Å². The first-order chi connectivity index (χ1) is 7.53. The van der Waals surface area contributed by atoms with Crippen LogP contribution in [0.4, 0.5) is 0 Å². The lowest BCUT2D eigenvalue weighted by atomic mass is 9.83. The maximum Gasteiger partial charge on any atom is 0.00891 e. The third kappa shape index (κ3) is 3.76. The average Bonchev–Trinajstić information content (AvgIpc) is 2.96. The van der Waals surface area contributed by atoms with Crippen molar-refractivity contribution in [1.29, 1.82) is 0 Å². The smallest absolute Gasteiger partial charge is 0.00891 e. The Kier molecular flexibility index (Phi) is 5.30. The maximum absolute atomic E-state index is 2.49. The number of nitrogens with zero attached hydrogens (tertiary/aromatic N) is 1. The van der Waals surface area contributed by atoms with Gasteiger partial charge < -0.3 is 4.90 Å². The predicted molar refractivity (Wildman–Crippen MR) is 72.7 cm³/mol. The third-order valence-corrected chi connectivity index (χ3v) is 4.72. The van der Waals surface area contributed by atoms with E-state index in [4.69, 9.17) is 0 Å². The Morgan fingerprint density at radius 1 is 1.06 bits per heavy atom. The van der Waals surface area contributed by atoms with Gasteiger partial charge in [-0.3, -0.25) is 0 Å². The summed E-state index contributed by atoms with van der Waals surface area (Å²) in [7, 11) is 4.47. The van der Waals surface area contributed by atoms with E-state index in [0.29, 0.717) is 0 Å². The van der Waals surface area contributed by atoms with Crippen molar-refractivity contribution in [3.05, 3.63) is 0 Å². The molecule has 0 spiro atoms. The Morgan fingerprint density at radius 2 is 1.69 bits per heavy atom. The van der Waals surface area contributed by atoms with Gasteiger partial charge in [-0.25, -0.2) is 0 Å². The van der Waals surface area contributed by atoms with Gasteiger partial charge in [0.25, 0.3) is 0 Å². The lowest BCUT2D eigenvalue weighted by Crippen LogP contribution is -2.29. The molecule has 1 heteroatoms. The third-order valence-electron chi connectivity index (χ3n) is 4.72. The molecule has 0 aromatic rings. The highest BCUT2D eigenvalue weighted by Gasteiger charge is 2.43. The van der Waals surface area contributed by atoms with E-state index < -0.39 is 0 Å². The van der Waals surface area contributed by atoms with E-state index in [1.54, 1.807) is 0 Å². The summed E-state index contributed by atoms with van der Waals surface area (Å²) < 4.78 is 0. The Labute approximate surface area is 103 Å². The molecule has 0 bridgehead atoms. The fourth-order valence-corrected chi connectivity index (χ4v) is 3.04. The molecule has 1 aliphatic carbocycles. The summed E-state index contributed by atoms with van der Waals surface area (Å²) >= 11 is 0. The van der Waals surface area contributed by atoms with E-state index in [1.807, 2.05) is 0 Å². The maximum atomic E-state index is 2.49. The SMILES string of the molecule is CCCC(CCC(CC)C1(C)CC1)N(C)C. The monoisotopic (exact) mass is 225 g/mol. The molecule has 2 atom stereocenters. The van der Waals surface area contributed by atoms with Gasteiger partial charge in [0.05, 0.1) is 0 Å². The van der Waals surface area contributed by atoms with Gasteiger partial charge in [-0.05, 0) is 57.5 Å². The van der Waals surface area contributed by atoms with E-state index in [-0.39, 0.29) is 0 Å². The molecule has 0 radical (unpaired) electrons. The Bertz CT molecular complexity index is 194. The van der Waals surface area contributed by atoms with Gasteiger partial charge in [-0.2, -0.15) is 0 Å². The molecule has 1 saturated carbocycles. The molecule has 16 heavy (non-hydrogen) atoms. The van der Waals surface area contributed by atoms with Crippen LogP contribution in [0.25, 0.3) is 0 Å². The van der Waals surface area contributed by atoms with Crippen molar-refractivity contribution in [1.82, 2.24) is 4.90 Å². The zero-order valence-electron chi connectivity index (χ0n) is 12.1. The van der Waals surface area contributed by atoms with Crippen LogP contribution in [0.5, 0.6) is 0 Å².